The zero-order valence-corrected chi connectivity index (χ0v) is 12.3. The van der Waals surface area contributed by atoms with Crippen LogP contribution >= 0.6 is 0 Å². The summed E-state index contributed by atoms with van der Waals surface area (Å²) in [6, 6.07) is 6.66. The van der Waals surface area contributed by atoms with Gasteiger partial charge in [-0.15, -0.1) is 0 Å². The number of benzene rings is 1. The normalized spacial score (nSPS) is 21.8. The Bertz CT molecular complexity index is 516. The number of nitrogens with one attached hydrogen (secondary N) is 1. The van der Waals surface area contributed by atoms with Crippen molar-refractivity contribution in [3.05, 3.63) is 29.8 Å². The lowest BCUT2D eigenvalue weighted by Crippen LogP contribution is -2.30. The monoisotopic (exact) mass is 314 g/mol. The quantitative estimate of drug-likeness (QED) is 0.874. The molecule has 6 heteroatoms. The van der Waals surface area contributed by atoms with E-state index in [1.807, 2.05) is 0 Å². The molecule has 0 bridgehead atoms. The van der Waals surface area contributed by atoms with Gasteiger partial charge in [0.05, 0.1) is 0 Å². The number of amides is 1. The number of carbonyl (C=O) groups is 1. The van der Waals surface area contributed by atoms with Crippen LogP contribution in [-0.2, 0) is 11.2 Å². The van der Waals surface area contributed by atoms with Crippen LogP contribution in [0.4, 0.5) is 18.9 Å². The minimum Gasteiger partial charge on any atom is -0.330 e. The zero-order valence-electron chi connectivity index (χ0n) is 12.3. The molecule has 1 aliphatic carbocycles. The van der Waals surface area contributed by atoms with Gasteiger partial charge in [-0.25, -0.2) is 0 Å². The minimum atomic E-state index is -4.20. The summed E-state index contributed by atoms with van der Waals surface area (Å²) in [5.41, 5.74) is 6.66. The summed E-state index contributed by atoms with van der Waals surface area (Å²) in [7, 11) is 0. The van der Waals surface area contributed by atoms with E-state index in [4.69, 9.17) is 5.73 Å². The Morgan fingerprint density at radius 1 is 1.27 bits per heavy atom. The van der Waals surface area contributed by atoms with Crippen molar-refractivity contribution in [3.8, 4) is 0 Å². The molecule has 0 unspecified atom stereocenters. The molecule has 0 aliphatic heterocycles. The van der Waals surface area contributed by atoms with E-state index in [2.05, 4.69) is 5.32 Å². The Balaban J connectivity index is 2.04. The van der Waals surface area contributed by atoms with E-state index < -0.39 is 12.6 Å². The van der Waals surface area contributed by atoms with Crippen LogP contribution in [0.2, 0.25) is 0 Å². The second-order valence-electron chi connectivity index (χ2n) is 5.79. The van der Waals surface area contributed by atoms with Gasteiger partial charge < -0.3 is 11.1 Å². The summed E-state index contributed by atoms with van der Waals surface area (Å²) < 4.78 is 37.1. The Labute approximate surface area is 128 Å². The summed E-state index contributed by atoms with van der Waals surface area (Å²) in [5, 5.41) is 2.79. The molecule has 2 rings (SSSR count). The van der Waals surface area contributed by atoms with Gasteiger partial charge in [-0.1, -0.05) is 24.6 Å². The first kappa shape index (κ1) is 16.8. The molecule has 0 spiro atoms. The van der Waals surface area contributed by atoms with E-state index in [1.165, 1.54) is 0 Å². The van der Waals surface area contributed by atoms with Crippen molar-refractivity contribution in [1.29, 1.82) is 0 Å². The number of hydrogen-bond acceptors (Lipinski definition) is 2. The number of halogens is 3. The Kier molecular flexibility index (Phi) is 5.45. The smallest absolute Gasteiger partial charge is 0.330 e. The van der Waals surface area contributed by atoms with E-state index in [0.717, 1.165) is 19.3 Å². The van der Waals surface area contributed by atoms with Gasteiger partial charge in [0.25, 0.3) is 0 Å². The fourth-order valence-electron chi connectivity index (χ4n) is 3.03. The van der Waals surface area contributed by atoms with Gasteiger partial charge in [-0.2, -0.15) is 13.2 Å². The van der Waals surface area contributed by atoms with Crippen LogP contribution < -0.4 is 11.1 Å². The van der Waals surface area contributed by atoms with Gasteiger partial charge in [-0.05, 0) is 43.4 Å². The van der Waals surface area contributed by atoms with Crippen LogP contribution in [-0.4, -0.2) is 18.6 Å². The minimum absolute atomic E-state index is 0.132. The van der Waals surface area contributed by atoms with E-state index in [9.17, 15) is 18.0 Å². The summed E-state index contributed by atoms with van der Waals surface area (Å²) in [4.78, 5) is 12.3. The molecule has 1 aliphatic rings. The second-order valence-corrected chi connectivity index (χ2v) is 5.79. The average Bonchev–Trinajstić information content (AvgIpc) is 2.94. The summed E-state index contributed by atoms with van der Waals surface area (Å²) in [6.45, 7) is 0.466. The SMILES string of the molecule is NC[C@H]1CCC[C@H]1C(=O)Nc1ccccc1CCC(F)(F)F. The topological polar surface area (TPSA) is 55.1 Å². The zero-order chi connectivity index (χ0) is 16.2. The molecule has 0 saturated heterocycles. The third-order valence-corrected chi connectivity index (χ3v) is 4.25. The van der Waals surface area contributed by atoms with Crippen LogP contribution in [0.15, 0.2) is 24.3 Å². The first-order valence-electron chi connectivity index (χ1n) is 7.56. The van der Waals surface area contributed by atoms with Crippen LogP contribution in [0, 0.1) is 11.8 Å². The van der Waals surface area contributed by atoms with Crippen molar-refractivity contribution in [3.63, 3.8) is 0 Å². The molecule has 0 radical (unpaired) electrons. The van der Waals surface area contributed by atoms with Gasteiger partial charge in [0, 0.05) is 18.0 Å². The number of aryl methyl sites for hydroxylation is 1. The molecule has 3 nitrogen and oxygen atoms in total. The largest absolute Gasteiger partial charge is 0.389 e. The first-order chi connectivity index (χ1) is 10.4. The first-order valence-corrected chi connectivity index (χ1v) is 7.56. The maximum absolute atomic E-state index is 12.4. The molecule has 1 fully saturated rings. The Morgan fingerprint density at radius 3 is 2.68 bits per heavy atom. The maximum Gasteiger partial charge on any atom is 0.389 e. The molecule has 2 atom stereocenters. The number of carbonyl (C=O) groups excluding carboxylic acids is 1. The standard InChI is InChI=1S/C16H21F3N2O/c17-16(18,19)9-8-11-4-1-2-7-14(11)21-15(22)13-6-3-5-12(13)10-20/h1-2,4,7,12-13H,3,5-6,8-10,20H2,(H,21,22)/t12-,13-/m1/s1. The van der Waals surface area contributed by atoms with Crippen LogP contribution in [0.3, 0.4) is 0 Å². The third kappa shape index (κ3) is 4.47. The van der Waals surface area contributed by atoms with Crippen molar-refractivity contribution in [2.24, 2.45) is 17.6 Å². The predicted molar refractivity (Wildman–Crippen MR) is 79.3 cm³/mol. The van der Waals surface area contributed by atoms with Crippen molar-refractivity contribution >= 4 is 11.6 Å². The molecule has 0 heterocycles. The highest BCUT2D eigenvalue weighted by Crippen LogP contribution is 2.32. The number of alkyl halides is 3. The van der Waals surface area contributed by atoms with E-state index in [-0.39, 0.29) is 24.2 Å². The van der Waals surface area contributed by atoms with Gasteiger partial charge >= 0.3 is 6.18 Å². The molecule has 1 amide bonds. The fraction of sp³-hybridized carbons (Fsp3) is 0.562. The van der Waals surface area contributed by atoms with Crippen LogP contribution in [0.5, 0.6) is 0 Å². The van der Waals surface area contributed by atoms with E-state index >= 15 is 0 Å². The second kappa shape index (κ2) is 7.13. The molecule has 1 aromatic carbocycles. The van der Waals surface area contributed by atoms with Gasteiger partial charge in [-0.3, -0.25) is 4.79 Å². The number of para-hydroxylation sites is 1. The molecule has 1 aromatic rings. The molecule has 3 N–H and O–H groups in total. The predicted octanol–water partition coefficient (Wildman–Crippen LogP) is 3.50. The number of nitrogens with two attached hydrogens (primary N) is 1. The van der Waals surface area contributed by atoms with Crippen molar-refractivity contribution in [2.45, 2.75) is 38.3 Å². The van der Waals surface area contributed by atoms with Gasteiger partial charge in [0.2, 0.25) is 5.91 Å². The Hall–Kier alpha value is -1.56. The van der Waals surface area contributed by atoms with E-state index in [0.29, 0.717) is 17.8 Å². The number of rotatable bonds is 5. The van der Waals surface area contributed by atoms with Gasteiger partial charge in [0.1, 0.15) is 0 Å². The van der Waals surface area contributed by atoms with Crippen LogP contribution in [0.25, 0.3) is 0 Å². The number of hydrogen-bond donors (Lipinski definition) is 2. The highest BCUT2D eigenvalue weighted by Gasteiger charge is 2.32. The summed E-state index contributed by atoms with van der Waals surface area (Å²) >= 11 is 0. The van der Waals surface area contributed by atoms with Crippen molar-refractivity contribution in [1.82, 2.24) is 0 Å². The fourth-order valence-corrected chi connectivity index (χ4v) is 3.03. The molecular weight excluding hydrogens is 293 g/mol. The number of anilines is 1. The lowest BCUT2D eigenvalue weighted by Gasteiger charge is -2.19. The van der Waals surface area contributed by atoms with Gasteiger partial charge in [0.15, 0.2) is 0 Å². The molecule has 122 valence electrons. The summed E-state index contributed by atoms with van der Waals surface area (Å²) in [6.07, 6.45) is -2.54. The lowest BCUT2D eigenvalue weighted by molar-refractivity contribution is -0.133. The highest BCUT2D eigenvalue weighted by atomic mass is 19.4. The molecule has 22 heavy (non-hydrogen) atoms. The maximum atomic E-state index is 12.4. The average molecular weight is 314 g/mol. The highest BCUT2D eigenvalue weighted by molar-refractivity contribution is 5.93. The molecular formula is C16H21F3N2O. The molecule has 1 saturated carbocycles. The van der Waals surface area contributed by atoms with Crippen molar-refractivity contribution < 1.29 is 18.0 Å². The van der Waals surface area contributed by atoms with E-state index in [1.54, 1.807) is 24.3 Å². The summed E-state index contributed by atoms with van der Waals surface area (Å²) in [5.74, 6) is -0.101. The third-order valence-electron chi connectivity index (χ3n) is 4.25. The van der Waals surface area contributed by atoms with Crippen molar-refractivity contribution in [2.75, 3.05) is 11.9 Å². The van der Waals surface area contributed by atoms with Crippen LogP contribution in [0.1, 0.15) is 31.2 Å². The Morgan fingerprint density at radius 2 is 2.00 bits per heavy atom. The lowest BCUT2D eigenvalue weighted by atomic mass is 9.95. The molecule has 0 aromatic heterocycles.